The van der Waals surface area contributed by atoms with Crippen molar-refractivity contribution in [2.45, 2.75) is 12.8 Å². The highest BCUT2D eigenvalue weighted by Gasteiger charge is 2.30. The molecule has 0 saturated carbocycles. The molecule has 0 aliphatic carbocycles. The van der Waals surface area contributed by atoms with Crippen LogP contribution >= 0.6 is 0 Å². The van der Waals surface area contributed by atoms with Gasteiger partial charge in [-0.05, 0) is 29.8 Å². The highest BCUT2D eigenvalue weighted by molar-refractivity contribution is 6.20. The molecule has 1 aliphatic rings. The number of nitrogens with one attached hydrogen (secondary N) is 2. The van der Waals surface area contributed by atoms with Crippen LogP contribution in [0.3, 0.4) is 0 Å². The van der Waals surface area contributed by atoms with Gasteiger partial charge in [-0.2, -0.15) is 5.10 Å². The minimum atomic E-state index is -1.30. The SMILES string of the molecule is O=C(N[C@H]1N=C(c2ccccc2)c2ccccc2NC1=O)c1c(-c2ccc(CO)cc2F)nn2cccnc12. The van der Waals surface area contributed by atoms with E-state index in [1.165, 1.54) is 22.8 Å². The molecule has 3 N–H and O–H groups in total. The van der Waals surface area contributed by atoms with Crippen LogP contribution in [0.2, 0.25) is 0 Å². The van der Waals surface area contributed by atoms with Crippen molar-refractivity contribution in [3.05, 3.63) is 119 Å². The number of benzodiazepines with no additional fused rings is 1. The number of aliphatic imine (C=N–C) groups is 1. The Hall–Kier alpha value is -5.22. The number of benzene rings is 3. The van der Waals surface area contributed by atoms with Crippen LogP contribution in [0.15, 0.2) is 96.2 Å². The summed E-state index contributed by atoms with van der Waals surface area (Å²) in [5, 5.41) is 19.3. The van der Waals surface area contributed by atoms with Crippen LogP contribution in [0, 0.1) is 5.82 Å². The molecule has 2 amide bonds. The molecule has 6 rings (SSSR count). The minimum absolute atomic E-state index is 0.0164. The van der Waals surface area contributed by atoms with Crippen LogP contribution in [0.4, 0.5) is 10.1 Å². The molecule has 10 heteroatoms. The van der Waals surface area contributed by atoms with E-state index in [4.69, 9.17) is 0 Å². The first-order valence-corrected chi connectivity index (χ1v) is 12.1. The van der Waals surface area contributed by atoms with Crippen LogP contribution < -0.4 is 10.6 Å². The quantitative estimate of drug-likeness (QED) is 0.327. The van der Waals surface area contributed by atoms with Gasteiger partial charge >= 0.3 is 0 Å². The largest absolute Gasteiger partial charge is 0.392 e. The van der Waals surface area contributed by atoms with E-state index in [1.807, 2.05) is 42.5 Å². The van der Waals surface area contributed by atoms with Crippen molar-refractivity contribution in [2.24, 2.45) is 4.99 Å². The zero-order valence-corrected chi connectivity index (χ0v) is 20.4. The number of fused-ring (bicyclic) bond motifs is 2. The molecule has 1 atom stereocenters. The fourth-order valence-electron chi connectivity index (χ4n) is 4.51. The highest BCUT2D eigenvalue weighted by atomic mass is 19.1. The third kappa shape index (κ3) is 4.42. The van der Waals surface area contributed by atoms with Crippen LogP contribution in [0.5, 0.6) is 0 Å². The number of para-hydroxylation sites is 1. The van der Waals surface area contributed by atoms with Gasteiger partial charge in [-0.3, -0.25) is 9.59 Å². The lowest BCUT2D eigenvalue weighted by atomic mass is 10.0. The van der Waals surface area contributed by atoms with Crippen molar-refractivity contribution in [2.75, 3.05) is 5.32 Å². The van der Waals surface area contributed by atoms with Crippen LogP contribution in [0.1, 0.15) is 27.0 Å². The average Bonchev–Trinajstić information content (AvgIpc) is 3.28. The van der Waals surface area contributed by atoms with Gasteiger partial charge in [-0.15, -0.1) is 0 Å². The van der Waals surface area contributed by atoms with Gasteiger partial charge in [-0.25, -0.2) is 18.9 Å². The standard InChI is InChI=1S/C29H21FN6O3/c30-21-15-17(16-37)11-12-19(21)25-23(27-31-13-6-14-36(27)35-25)28(38)34-26-29(39)32-22-10-5-4-9-20(22)24(33-26)18-7-2-1-3-8-18/h1-15,26,37H,16H2,(H,32,39)(H,34,38)/t26-/m1/s1. The van der Waals surface area contributed by atoms with Gasteiger partial charge < -0.3 is 15.7 Å². The number of halogens is 1. The first-order valence-electron chi connectivity index (χ1n) is 12.1. The summed E-state index contributed by atoms with van der Waals surface area (Å²) < 4.78 is 16.4. The molecule has 0 bridgehead atoms. The maximum absolute atomic E-state index is 15.1. The van der Waals surface area contributed by atoms with E-state index in [0.717, 1.165) is 5.56 Å². The van der Waals surface area contributed by atoms with Crippen LogP contribution in [-0.4, -0.2) is 43.4 Å². The Kier molecular flexibility index (Phi) is 6.14. The van der Waals surface area contributed by atoms with Gasteiger partial charge in [-0.1, -0.05) is 54.6 Å². The summed E-state index contributed by atoms with van der Waals surface area (Å²) in [5.74, 6) is -1.90. The predicted molar refractivity (Wildman–Crippen MR) is 143 cm³/mol. The minimum Gasteiger partial charge on any atom is -0.392 e. The summed E-state index contributed by atoms with van der Waals surface area (Å²) in [6, 6.07) is 22.4. The second-order valence-corrected chi connectivity index (χ2v) is 8.84. The Labute approximate surface area is 221 Å². The molecule has 0 saturated heterocycles. The molecule has 0 spiro atoms. The molecule has 192 valence electrons. The van der Waals surface area contributed by atoms with E-state index in [9.17, 15) is 14.7 Å². The van der Waals surface area contributed by atoms with E-state index in [2.05, 4.69) is 25.7 Å². The third-order valence-electron chi connectivity index (χ3n) is 6.36. The molecule has 9 nitrogen and oxygen atoms in total. The first kappa shape index (κ1) is 24.1. The van der Waals surface area contributed by atoms with E-state index < -0.39 is 23.8 Å². The molecule has 0 unspecified atom stereocenters. The second kappa shape index (κ2) is 9.92. The number of carbonyl (C=O) groups excluding carboxylic acids is 2. The van der Waals surface area contributed by atoms with Gasteiger partial charge in [0.25, 0.3) is 11.8 Å². The molecule has 5 aromatic rings. The van der Waals surface area contributed by atoms with Gasteiger partial charge in [0.2, 0.25) is 6.17 Å². The number of aliphatic hydroxyl groups excluding tert-OH is 1. The lowest BCUT2D eigenvalue weighted by Gasteiger charge is -2.14. The average molecular weight is 521 g/mol. The monoisotopic (exact) mass is 520 g/mol. The topological polar surface area (TPSA) is 121 Å². The molecule has 0 radical (unpaired) electrons. The summed E-state index contributed by atoms with van der Waals surface area (Å²) >= 11 is 0. The number of rotatable bonds is 5. The molecule has 3 heterocycles. The number of hydrogen-bond donors (Lipinski definition) is 3. The zero-order chi connectivity index (χ0) is 26.9. The number of nitrogens with zero attached hydrogens (tertiary/aromatic N) is 4. The predicted octanol–water partition coefficient (Wildman–Crippen LogP) is 3.57. The number of carbonyl (C=O) groups is 2. The van der Waals surface area contributed by atoms with Crippen LogP contribution in [0.25, 0.3) is 16.9 Å². The molecule has 1 aliphatic heterocycles. The molecule has 0 fully saturated rings. The van der Waals surface area contributed by atoms with Crippen molar-refractivity contribution in [3.8, 4) is 11.3 Å². The Morgan fingerprint density at radius 2 is 1.82 bits per heavy atom. The summed E-state index contributed by atoms with van der Waals surface area (Å²) in [7, 11) is 0. The molecular weight excluding hydrogens is 499 g/mol. The first-order chi connectivity index (χ1) is 19.0. The molecular formula is C29H21FN6O3. The highest BCUT2D eigenvalue weighted by Crippen LogP contribution is 2.29. The van der Waals surface area contributed by atoms with Crippen LogP contribution in [-0.2, 0) is 11.4 Å². The maximum Gasteiger partial charge on any atom is 0.269 e. The number of anilines is 1. The fourth-order valence-corrected chi connectivity index (χ4v) is 4.51. The Morgan fingerprint density at radius 1 is 1.03 bits per heavy atom. The summed E-state index contributed by atoms with van der Waals surface area (Å²) in [4.78, 5) is 36.0. The van der Waals surface area contributed by atoms with Crippen molar-refractivity contribution >= 4 is 28.9 Å². The smallest absolute Gasteiger partial charge is 0.269 e. The second-order valence-electron chi connectivity index (χ2n) is 8.84. The van der Waals surface area contributed by atoms with Crippen molar-refractivity contribution in [1.29, 1.82) is 0 Å². The lowest BCUT2D eigenvalue weighted by molar-refractivity contribution is -0.117. The number of amides is 2. The summed E-state index contributed by atoms with van der Waals surface area (Å²) in [6.45, 7) is -0.335. The molecule has 39 heavy (non-hydrogen) atoms. The van der Waals surface area contributed by atoms with E-state index in [1.54, 1.807) is 30.5 Å². The van der Waals surface area contributed by atoms with Gasteiger partial charge in [0.05, 0.1) is 18.0 Å². The third-order valence-corrected chi connectivity index (χ3v) is 6.36. The Bertz CT molecular complexity index is 1770. The number of hydrogen-bond acceptors (Lipinski definition) is 6. The van der Waals surface area contributed by atoms with Gasteiger partial charge in [0.1, 0.15) is 17.1 Å². The van der Waals surface area contributed by atoms with Crippen molar-refractivity contribution in [3.63, 3.8) is 0 Å². The molecule has 2 aromatic heterocycles. The Balaban J connectivity index is 1.44. The van der Waals surface area contributed by atoms with Crippen molar-refractivity contribution in [1.82, 2.24) is 19.9 Å². The van der Waals surface area contributed by atoms with E-state index >= 15 is 4.39 Å². The van der Waals surface area contributed by atoms with Crippen molar-refractivity contribution < 1.29 is 19.1 Å². The number of aromatic nitrogens is 3. The fraction of sp³-hybridized carbons (Fsp3) is 0.0690. The van der Waals surface area contributed by atoms with Gasteiger partial charge in [0.15, 0.2) is 5.65 Å². The molecule has 3 aromatic carbocycles. The van der Waals surface area contributed by atoms with E-state index in [0.29, 0.717) is 22.5 Å². The Morgan fingerprint density at radius 3 is 2.62 bits per heavy atom. The number of aliphatic hydroxyl groups is 1. The van der Waals surface area contributed by atoms with Gasteiger partial charge in [0, 0.05) is 29.1 Å². The van der Waals surface area contributed by atoms with E-state index in [-0.39, 0.29) is 29.1 Å². The summed E-state index contributed by atoms with van der Waals surface area (Å²) in [5.41, 5.74) is 3.19. The zero-order valence-electron chi connectivity index (χ0n) is 20.4. The lowest BCUT2D eigenvalue weighted by Crippen LogP contribution is -2.42. The normalized spacial score (nSPS) is 14.8. The summed E-state index contributed by atoms with van der Waals surface area (Å²) in [6.07, 6.45) is 1.78. The maximum atomic E-state index is 15.1.